The molecule has 1 N–H and O–H groups in total. The number of carboxylic acids is 1. The van der Waals surface area contributed by atoms with E-state index in [9.17, 15) is 14.4 Å². The molecule has 0 aliphatic carbocycles. The number of aryl methyl sites for hydroxylation is 1. The highest BCUT2D eigenvalue weighted by Crippen LogP contribution is 2.25. The number of likely N-dealkylation sites (tertiary alicyclic amines) is 2. The van der Waals surface area contributed by atoms with Crippen LogP contribution in [0.3, 0.4) is 0 Å². The molecule has 2 saturated heterocycles. The number of carbonyl (C=O) groups excluding carboxylic acids is 2. The average molecular weight is 344 g/mol. The SMILES string of the molecule is Cc1ccc(CN2CC(C(=O)N3CCC(C(=O)O)CC3)CC2=O)cc1. The summed E-state index contributed by atoms with van der Waals surface area (Å²) < 4.78 is 0. The molecule has 1 aromatic rings. The van der Waals surface area contributed by atoms with Crippen LogP contribution in [-0.4, -0.2) is 52.3 Å². The fourth-order valence-electron chi connectivity index (χ4n) is 3.61. The van der Waals surface area contributed by atoms with Crippen LogP contribution >= 0.6 is 0 Å². The minimum atomic E-state index is -0.785. The van der Waals surface area contributed by atoms with E-state index in [4.69, 9.17) is 5.11 Å². The Kier molecular flexibility index (Phi) is 5.06. The zero-order valence-electron chi connectivity index (χ0n) is 14.5. The molecule has 134 valence electrons. The number of carboxylic acid groups (broad SMARTS) is 1. The van der Waals surface area contributed by atoms with Crippen LogP contribution in [0.2, 0.25) is 0 Å². The van der Waals surface area contributed by atoms with E-state index in [1.807, 2.05) is 31.2 Å². The molecule has 2 aliphatic rings. The summed E-state index contributed by atoms with van der Waals surface area (Å²) in [5.74, 6) is -1.44. The molecule has 6 nitrogen and oxygen atoms in total. The summed E-state index contributed by atoms with van der Waals surface area (Å²) in [5.41, 5.74) is 2.24. The zero-order chi connectivity index (χ0) is 18.0. The summed E-state index contributed by atoms with van der Waals surface area (Å²) in [5, 5.41) is 9.05. The Morgan fingerprint density at radius 3 is 2.36 bits per heavy atom. The van der Waals surface area contributed by atoms with E-state index in [1.54, 1.807) is 9.80 Å². The van der Waals surface area contributed by atoms with Crippen LogP contribution in [0.1, 0.15) is 30.4 Å². The van der Waals surface area contributed by atoms with Crippen molar-refractivity contribution in [3.63, 3.8) is 0 Å². The first-order valence-electron chi connectivity index (χ1n) is 8.79. The second kappa shape index (κ2) is 7.25. The van der Waals surface area contributed by atoms with Gasteiger partial charge in [-0.15, -0.1) is 0 Å². The van der Waals surface area contributed by atoms with Gasteiger partial charge in [0.15, 0.2) is 0 Å². The van der Waals surface area contributed by atoms with Gasteiger partial charge >= 0.3 is 5.97 Å². The molecule has 0 saturated carbocycles. The minimum Gasteiger partial charge on any atom is -0.481 e. The number of hydrogen-bond donors (Lipinski definition) is 1. The monoisotopic (exact) mass is 344 g/mol. The molecule has 2 heterocycles. The molecular weight excluding hydrogens is 320 g/mol. The van der Waals surface area contributed by atoms with Gasteiger partial charge in [0.2, 0.25) is 11.8 Å². The first-order chi connectivity index (χ1) is 11.9. The normalized spacial score (nSPS) is 21.6. The molecule has 0 aromatic heterocycles. The summed E-state index contributed by atoms with van der Waals surface area (Å²) in [4.78, 5) is 39.4. The lowest BCUT2D eigenvalue weighted by Gasteiger charge is -2.31. The molecule has 0 bridgehead atoms. The highest BCUT2D eigenvalue weighted by atomic mass is 16.4. The van der Waals surface area contributed by atoms with Crippen molar-refractivity contribution in [1.82, 2.24) is 9.80 Å². The summed E-state index contributed by atoms with van der Waals surface area (Å²) in [6, 6.07) is 8.05. The Morgan fingerprint density at radius 2 is 1.76 bits per heavy atom. The third-order valence-electron chi connectivity index (χ3n) is 5.21. The van der Waals surface area contributed by atoms with E-state index in [2.05, 4.69) is 0 Å². The van der Waals surface area contributed by atoms with Crippen molar-refractivity contribution in [3.05, 3.63) is 35.4 Å². The van der Waals surface area contributed by atoms with Crippen LogP contribution in [-0.2, 0) is 20.9 Å². The van der Waals surface area contributed by atoms with Gasteiger partial charge in [0.1, 0.15) is 0 Å². The number of aliphatic carboxylic acids is 1. The number of nitrogens with zero attached hydrogens (tertiary/aromatic N) is 2. The second-order valence-corrected chi connectivity index (χ2v) is 7.10. The van der Waals surface area contributed by atoms with Gasteiger partial charge in [0.05, 0.1) is 11.8 Å². The molecule has 1 unspecified atom stereocenters. The Hall–Kier alpha value is -2.37. The summed E-state index contributed by atoms with van der Waals surface area (Å²) in [6.45, 7) is 3.94. The molecule has 25 heavy (non-hydrogen) atoms. The van der Waals surface area contributed by atoms with E-state index in [1.165, 1.54) is 5.56 Å². The highest BCUT2D eigenvalue weighted by molar-refractivity contribution is 5.89. The van der Waals surface area contributed by atoms with Gasteiger partial charge in [0, 0.05) is 32.6 Å². The van der Waals surface area contributed by atoms with Crippen molar-refractivity contribution in [2.24, 2.45) is 11.8 Å². The van der Waals surface area contributed by atoms with Crippen LogP contribution in [0, 0.1) is 18.8 Å². The topological polar surface area (TPSA) is 77.9 Å². The number of piperidine rings is 1. The summed E-state index contributed by atoms with van der Waals surface area (Å²) in [7, 11) is 0. The molecule has 3 rings (SSSR count). The number of rotatable bonds is 4. The molecular formula is C19H24N2O4. The van der Waals surface area contributed by atoms with Crippen LogP contribution in [0.5, 0.6) is 0 Å². The predicted octanol–water partition coefficient (Wildman–Crippen LogP) is 1.67. The molecule has 0 spiro atoms. The van der Waals surface area contributed by atoms with Gasteiger partial charge < -0.3 is 14.9 Å². The van der Waals surface area contributed by atoms with E-state index in [0.717, 1.165) is 5.56 Å². The summed E-state index contributed by atoms with van der Waals surface area (Å²) >= 11 is 0. The number of amides is 2. The van der Waals surface area contributed by atoms with Crippen molar-refractivity contribution < 1.29 is 19.5 Å². The molecule has 1 atom stereocenters. The van der Waals surface area contributed by atoms with Crippen LogP contribution < -0.4 is 0 Å². The standard InChI is InChI=1S/C19H24N2O4/c1-13-2-4-14(5-3-13)11-21-12-16(10-17(21)22)18(23)20-8-6-15(7-9-20)19(24)25/h2-5,15-16H,6-12H2,1H3,(H,24,25). The minimum absolute atomic E-state index is 0.0106. The van der Waals surface area contributed by atoms with E-state index in [-0.39, 0.29) is 30.1 Å². The van der Waals surface area contributed by atoms with Crippen molar-refractivity contribution >= 4 is 17.8 Å². The lowest BCUT2D eigenvalue weighted by atomic mass is 9.95. The lowest BCUT2D eigenvalue weighted by molar-refractivity contribution is -0.146. The second-order valence-electron chi connectivity index (χ2n) is 7.10. The third kappa shape index (κ3) is 4.00. The van der Waals surface area contributed by atoms with Gasteiger partial charge in [-0.05, 0) is 25.3 Å². The van der Waals surface area contributed by atoms with Crippen LogP contribution in [0.25, 0.3) is 0 Å². The first kappa shape index (κ1) is 17.5. The Labute approximate surface area is 147 Å². The Morgan fingerprint density at radius 1 is 1.12 bits per heavy atom. The Balaban J connectivity index is 1.56. The molecule has 2 amide bonds. The van der Waals surface area contributed by atoms with Crippen molar-refractivity contribution in [1.29, 1.82) is 0 Å². The van der Waals surface area contributed by atoms with E-state index < -0.39 is 5.97 Å². The van der Waals surface area contributed by atoms with Gasteiger partial charge in [0.25, 0.3) is 0 Å². The maximum atomic E-state index is 12.7. The van der Waals surface area contributed by atoms with Gasteiger partial charge in [-0.25, -0.2) is 0 Å². The van der Waals surface area contributed by atoms with Crippen LogP contribution in [0.4, 0.5) is 0 Å². The van der Waals surface area contributed by atoms with Crippen molar-refractivity contribution in [2.45, 2.75) is 32.7 Å². The third-order valence-corrected chi connectivity index (χ3v) is 5.21. The molecule has 2 aliphatic heterocycles. The fourth-order valence-corrected chi connectivity index (χ4v) is 3.61. The van der Waals surface area contributed by atoms with E-state index >= 15 is 0 Å². The van der Waals surface area contributed by atoms with Gasteiger partial charge in [-0.2, -0.15) is 0 Å². The molecule has 2 fully saturated rings. The quantitative estimate of drug-likeness (QED) is 0.901. The van der Waals surface area contributed by atoms with Crippen molar-refractivity contribution in [3.8, 4) is 0 Å². The zero-order valence-corrected chi connectivity index (χ0v) is 14.5. The molecule has 0 radical (unpaired) electrons. The largest absolute Gasteiger partial charge is 0.481 e. The smallest absolute Gasteiger partial charge is 0.306 e. The molecule has 1 aromatic carbocycles. The maximum Gasteiger partial charge on any atom is 0.306 e. The van der Waals surface area contributed by atoms with Gasteiger partial charge in [-0.3, -0.25) is 14.4 Å². The first-order valence-corrected chi connectivity index (χ1v) is 8.79. The predicted molar refractivity (Wildman–Crippen MR) is 91.6 cm³/mol. The lowest BCUT2D eigenvalue weighted by Crippen LogP contribution is -2.43. The average Bonchev–Trinajstić information content (AvgIpc) is 2.97. The number of benzene rings is 1. The van der Waals surface area contributed by atoms with Crippen molar-refractivity contribution in [2.75, 3.05) is 19.6 Å². The molecule has 6 heteroatoms. The van der Waals surface area contributed by atoms with E-state index in [0.29, 0.717) is 39.0 Å². The van der Waals surface area contributed by atoms with Crippen LogP contribution in [0.15, 0.2) is 24.3 Å². The fraction of sp³-hybridized carbons (Fsp3) is 0.526. The number of hydrogen-bond acceptors (Lipinski definition) is 3. The maximum absolute atomic E-state index is 12.7. The summed E-state index contributed by atoms with van der Waals surface area (Å²) in [6.07, 6.45) is 1.24. The van der Waals surface area contributed by atoms with Gasteiger partial charge in [-0.1, -0.05) is 29.8 Å². The highest BCUT2D eigenvalue weighted by Gasteiger charge is 2.38. The Bertz CT molecular complexity index is 663. The number of carbonyl (C=O) groups is 3.